The number of nitrogens with zero attached hydrogens (tertiary/aromatic N) is 2. The number of primary amides is 1. The third-order valence-corrected chi connectivity index (χ3v) is 5.03. The highest BCUT2D eigenvalue weighted by Gasteiger charge is 2.25. The van der Waals surface area contributed by atoms with E-state index in [1.54, 1.807) is 18.2 Å². The van der Waals surface area contributed by atoms with E-state index in [9.17, 15) is 10.1 Å². The first kappa shape index (κ1) is 17.3. The highest BCUT2D eigenvalue weighted by atomic mass is 32.1. The zero-order valence-electron chi connectivity index (χ0n) is 14.0. The van der Waals surface area contributed by atoms with Crippen LogP contribution >= 0.6 is 11.3 Å². The van der Waals surface area contributed by atoms with Crippen molar-refractivity contribution in [1.29, 1.82) is 5.26 Å². The van der Waals surface area contributed by atoms with Gasteiger partial charge in [0.05, 0.1) is 19.9 Å². The van der Waals surface area contributed by atoms with Crippen molar-refractivity contribution >= 4 is 39.0 Å². The van der Waals surface area contributed by atoms with Crippen LogP contribution in [0.1, 0.15) is 15.2 Å². The fourth-order valence-electron chi connectivity index (χ4n) is 2.75. The molecule has 0 unspecified atom stereocenters. The van der Waals surface area contributed by atoms with Gasteiger partial charge < -0.3 is 26.7 Å². The molecular weight excluding hydrogens is 354 g/mol. The van der Waals surface area contributed by atoms with Gasteiger partial charge in [0, 0.05) is 16.5 Å². The zero-order valence-corrected chi connectivity index (χ0v) is 14.8. The molecule has 2 aromatic heterocycles. The van der Waals surface area contributed by atoms with Crippen molar-refractivity contribution in [2.24, 2.45) is 5.73 Å². The minimum atomic E-state index is -0.675. The number of carbonyl (C=O) groups is 1. The first-order valence-corrected chi connectivity index (χ1v) is 8.18. The van der Waals surface area contributed by atoms with E-state index in [-0.39, 0.29) is 21.9 Å². The third-order valence-electron chi connectivity index (χ3n) is 3.92. The average Bonchev–Trinajstić information content (AvgIpc) is 2.96. The smallest absolute Gasteiger partial charge is 0.260 e. The summed E-state index contributed by atoms with van der Waals surface area (Å²) in [5.41, 5.74) is 18.8. The topological polar surface area (TPSA) is 150 Å². The molecule has 0 saturated heterocycles. The lowest BCUT2D eigenvalue weighted by Crippen LogP contribution is -2.10. The van der Waals surface area contributed by atoms with E-state index in [1.807, 2.05) is 0 Å². The number of pyridine rings is 1. The maximum absolute atomic E-state index is 11.7. The SMILES string of the molecule is COc1ccc(OC)c(-c2c(C#N)c(N)nc3sc(C(N)=O)c(N)c23)c1. The van der Waals surface area contributed by atoms with Gasteiger partial charge in [-0.1, -0.05) is 0 Å². The van der Waals surface area contributed by atoms with Crippen LogP contribution in [0, 0.1) is 11.3 Å². The summed E-state index contributed by atoms with van der Waals surface area (Å²) in [6, 6.07) is 7.19. The summed E-state index contributed by atoms with van der Waals surface area (Å²) in [4.78, 5) is 16.5. The predicted octanol–water partition coefficient (Wildman–Crippen LogP) is 2.12. The Morgan fingerprint density at radius 1 is 1.27 bits per heavy atom. The summed E-state index contributed by atoms with van der Waals surface area (Å²) in [5, 5.41) is 10.1. The van der Waals surface area contributed by atoms with E-state index in [1.165, 1.54) is 14.2 Å². The number of nitriles is 1. The second-order valence-corrected chi connectivity index (χ2v) is 6.31. The molecule has 1 amide bonds. The third kappa shape index (κ3) is 2.53. The van der Waals surface area contributed by atoms with Gasteiger partial charge in [0.2, 0.25) is 0 Å². The quantitative estimate of drug-likeness (QED) is 0.637. The Hall–Kier alpha value is -3.51. The summed E-state index contributed by atoms with van der Waals surface area (Å²) in [6.45, 7) is 0. The van der Waals surface area contributed by atoms with Gasteiger partial charge in [0.25, 0.3) is 5.91 Å². The molecule has 26 heavy (non-hydrogen) atoms. The molecule has 0 radical (unpaired) electrons. The molecule has 0 bridgehead atoms. The average molecular weight is 369 g/mol. The summed E-state index contributed by atoms with van der Waals surface area (Å²) >= 11 is 1.03. The number of thiophene rings is 1. The van der Waals surface area contributed by atoms with Crippen LogP contribution in [0.3, 0.4) is 0 Å². The summed E-state index contributed by atoms with van der Waals surface area (Å²) in [5.74, 6) is 0.390. The van der Waals surface area contributed by atoms with E-state index in [0.29, 0.717) is 32.8 Å². The van der Waals surface area contributed by atoms with Crippen molar-refractivity contribution in [3.8, 4) is 28.7 Å². The fourth-order valence-corrected chi connectivity index (χ4v) is 3.71. The number of rotatable bonds is 4. The van der Waals surface area contributed by atoms with Crippen molar-refractivity contribution < 1.29 is 14.3 Å². The lowest BCUT2D eigenvalue weighted by atomic mass is 9.96. The molecule has 0 atom stereocenters. The molecule has 2 heterocycles. The monoisotopic (exact) mass is 369 g/mol. The lowest BCUT2D eigenvalue weighted by Gasteiger charge is -2.14. The van der Waals surface area contributed by atoms with Gasteiger partial charge in [-0.15, -0.1) is 11.3 Å². The number of hydrogen-bond acceptors (Lipinski definition) is 8. The maximum Gasteiger partial charge on any atom is 0.260 e. The highest BCUT2D eigenvalue weighted by molar-refractivity contribution is 7.21. The van der Waals surface area contributed by atoms with Crippen LogP contribution in [0.25, 0.3) is 21.3 Å². The number of anilines is 2. The number of nitrogen functional groups attached to an aromatic ring is 2. The lowest BCUT2D eigenvalue weighted by molar-refractivity contribution is 0.100. The molecule has 3 rings (SSSR count). The van der Waals surface area contributed by atoms with Gasteiger partial charge >= 0.3 is 0 Å². The minimum absolute atomic E-state index is 0.0251. The number of amides is 1. The molecule has 0 fully saturated rings. The Balaban J connectivity index is 2.53. The summed E-state index contributed by atoms with van der Waals surface area (Å²) in [7, 11) is 3.03. The van der Waals surface area contributed by atoms with E-state index in [0.717, 1.165) is 11.3 Å². The Labute approximate surface area is 152 Å². The van der Waals surface area contributed by atoms with Crippen LogP contribution in [0.15, 0.2) is 18.2 Å². The van der Waals surface area contributed by atoms with E-state index in [4.69, 9.17) is 26.7 Å². The highest BCUT2D eigenvalue weighted by Crippen LogP contribution is 2.45. The van der Waals surface area contributed by atoms with Crippen LogP contribution < -0.4 is 26.7 Å². The largest absolute Gasteiger partial charge is 0.497 e. The van der Waals surface area contributed by atoms with Gasteiger partial charge in [0.15, 0.2) is 0 Å². The first-order chi connectivity index (χ1) is 12.4. The predicted molar refractivity (Wildman–Crippen MR) is 100 cm³/mol. The van der Waals surface area contributed by atoms with E-state index in [2.05, 4.69) is 11.1 Å². The van der Waals surface area contributed by atoms with Crippen LogP contribution in [0.5, 0.6) is 11.5 Å². The number of benzene rings is 1. The van der Waals surface area contributed by atoms with E-state index < -0.39 is 5.91 Å². The number of hydrogen-bond donors (Lipinski definition) is 3. The van der Waals surface area contributed by atoms with Crippen LogP contribution in [-0.4, -0.2) is 25.1 Å². The number of aromatic nitrogens is 1. The van der Waals surface area contributed by atoms with Gasteiger partial charge in [-0.05, 0) is 18.2 Å². The minimum Gasteiger partial charge on any atom is -0.497 e. The van der Waals surface area contributed by atoms with Gasteiger partial charge in [-0.25, -0.2) is 4.98 Å². The fraction of sp³-hybridized carbons (Fsp3) is 0.118. The Bertz CT molecular complexity index is 1080. The Kier molecular flexibility index (Phi) is 4.28. The van der Waals surface area contributed by atoms with Gasteiger partial charge in [-0.2, -0.15) is 5.26 Å². The summed E-state index contributed by atoms with van der Waals surface area (Å²) < 4.78 is 10.7. The molecule has 0 aliphatic rings. The maximum atomic E-state index is 11.7. The van der Waals surface area contributed by atoms with Crippen molar-refractivity contribution in [3.05, 3.63) is 28.6 Å². The number of methoxy groups -OCH3 is 2. The van der Waals surface area contributed by atoms with Crippen molar-refractivity contribution in [2.45, 2.75) is 0 Å². The van der Waals surface area contributed by atoms with Crippen LogP contribution in [-0.2, 0) is 0 Å². The number of ether oxygens (including phenoxy) is 2. The van der Waals surface area contributed by atoms with Crippen LogP contribution in [0.4, 0.5) is 11.5 Å². The molecule has 1 aromatic carbocycles. The molecular formula is C17H15N5O3S. The molecule has 3 aromatic rings. The first-order valence-electron chi connectivity index (χ1n) is 7.36. The Morgan fingerprint density at radius 2 is 2.00 bits per heavy atom. The standard InChI is InChI=1S/C17H15N5O3S/c1-24-7-3-4-10(25-2)8(5-7)11-9(6-18)15(20)22-17-12(11)13(19)14(26-17)16(21)23/h3-5H,19H2,1-2H3,(H2,20,22)(H2,21,23). The molecule has 132 valence electrons. The summed E-state index contributed by atoms with van der Waals surface area (Å²) in [6.07, 6.45) is 0. The Morgan fingerprint density at radius 3 is 2.58 bits per heavy atom. The molecule has 0 saturated carbocycles. The van der Waals surface area contributed by atoms with Gasteiger partial charge in [-0.3, -0.25) is 4.79 Å². The van der Waals surface area contributed by atoms with E-state index >= 15 is 0 Å². The molecule has 0 aliphatic carbocycles. The molecule has 8 nitrogen and oxygen atoms in total. The normalized spacial score (nSPS) is 10.5. The van der Waals surface area contributed by atoms with Crippen molar-refractivity contribution in [3.63, 3.8) is 0 Å². The number of fused-ring (bicyclic) bond motifs is 1. The molecule has 9 heteroatoms. The number of carbonyl (C=O) groups excluding carboxylic acids is 1. The van der Waals surface area contributed by atoms with Crippen molar-refractivity contribution in [1.82, 2.24) is 4.98 Å². The van der Waals surface area contributed by atoms with Crippen molar-refractivity contribution in [2.75, 3.05) is 25.7 Å². The van der Waals surface area contributed by atoms with Crippen LogP contribution in [0.2, 0.25) is 0 Å². The second kappa shape index (κ2) is 6.42. The number of nitrogens with two attached hydrogens (primary N) is 3. The molecule has 0 spiro atoms. The molecule has 0 aliphatic heterocycles. The zero-order chi connectivity index (χ0) is 19.0. The second-order valence-electron chi connectivity index (χ2n) is 5.31. The molecule has 6 N–H and O–H groups in total. The van der Waals surface area contributed by atoms with Gasteiger partial charge in [0.1, 0.15) is 38.7 Å².